The van der Waals surface area contributed by atoms with Gasteiger partial charge in [0.1, 0.15) is 16.9 Å². The summed E-state index contributed by atoms with van der Waals surface area (Å²) in [7, 11) is 0. The van der Waals surface area contributed by atoms with Gasteiger partial charge in [0.15, 0.2) is 0 Å². The van der Waals surface area contributed by atoms with Crippen LogP contribution in [0.2, 0.25) is 0 Å². The summed E-state index contributed by atoms with van der Waals surface area (Å²) in [4.78, 5) is 27.0. The largest absolute Gasteiger partial charge is 0.478 e. The minimum atomic E-state index is -0.987. The molecule has 1 saturated heterocycles. The van der Waals surface area contributed by atoms with Gasteiger partial charge >= 0.3 is 12.1 Å². The fraction of sp³-hybridized carbons (Fsp3) is 0.625. The van der Waals surface area contributed by atoms with E-state index in [0.717, 1.165) is 13.0 Å². The average molecular weight is 324 g/mol. The summed E-state index contributed by atoms with van der Waals surface area (Å²) >= 11 is 0. The van der Waals surface area contributed by atoms with E-state index in [2.05, 4.69) is 4.90 Å². The van der Waals surface area contributed by atoms with Crippen LogP contribution in [0.3, 0.4) is 0 Å². The Morgan fingerprint density at radius 3 is 2.65 bits per heavy atom. The second-order valence-corrected chi connectivity index (χ2v) is 6.66. The monoisotopic (exact) mass is 324 g/mol. The Bertz CT molecular complexity index is 561. The van der Waals surface area contributed by atoms with Crippen molar-refractivity contribution in [2.45, 2.75) is 39.3 Å². The molecule has 1 N–H and O–H groups in total. The minimum absolute atomic E-state index is 0.193. The van der Waals surface area contributed by atoms with Gasteiger partial charge in [-0.15, -0.1) is 0 Å². The number of carbonyl (C=O) groups excluding carboxylic acids is 1. The van der Waals surface area contributed by atoms with E-state index in [-0.39, 0.29) is 11.7 Å². The van der Waals surface area contributed by atoms with E-state index >= 15 is 0 Å². The topological polar surface area (TPSA) is 83.2 Å². The lowest BCUT2D eigenvalue weighted by atomic mass is 10.2. The molecule has 0 aliphatic carbocycles. The van der Waals surface area contributed by atoms with Crippen molar-refractivity contribution in [3.8, 4) is 0 Å². The Hall–Kier alpha value is -2.02. The Balaban J connectivity index is 1.92. The van der Waals surface area contributed by atoms with E-state index in [1.165, 1.54) is 12.3 Å². The maximum Gasteiger partial charge on any atom is 0.410 e. The van der Waals surface area contributed by atoms with Gasteiger partial charge < -0.3 is 19.2 Å². The smallest absolute Gasteiger partial charge is 0.410 e. The number of carbonyl (C=O) groups is 2. The number of nitrogens with zero attached hydrogens (tertiary/aromatic N) is 2. The zero-order chi connectivity index (χ0) is 17.0. The molecule has 1 aliphatic rings. The van der Waals surface area contributed by atoms with Crippen LogP contribution < -0.4 is 0 Å². The molecule has 0 saturated carbocycles. The number of amides is 1. The van der Waals surface area contributed by atoms with Crippen molar-refractivity contribution >= 4 is 12.1 Å². The summed E-state index contributed by atoms with van der Waals surface area (Å²) in [6.07, 6.45) is 1.90. The summed E-state index contributed by atoms with van der Waals surface area (Å²) in [6, 6.07) is 1.46. The number of rotatable bonds is 3. The van der Waals surface area contributed by atoms with Gasteiger partial charge in [0.05, 0.1) is 12.8 Å². The summed E-state index contributed by atoms with van der Waals surface area (Å²) in [5.41, 5.74) is -0.313. The van der Waals surface area contributed by atoms with Crippen LogP contribution in [0.5, 0.6) is 0 Å². The van der Waals surface area contributed by atoms with Crippen molar-refractivity contribution in [3.05, 3.63) is 23.7 Å². The van der Waals surface area contributed by atoms with Crippen LogP contribution in [-0.2, 0) is 11.3 Å². The Morgan fingerprint density at radius 2 is 2.00 bits per heavy atom. The van der Waals surface area contributed by atoms with Crippen LogP contribution in [0, 0.1) is 0 Å². The predicted molar refractivity (Wildman–Crippen MR) is 83.4 cm³/mol. The molecule has 0 spiro atoms. The van der Waals surface area contributed by atoms with Crippen molar-refractivity contribution in [2.24, 2.45) is 0 Å². The first-order valence-corrected chi connectivity index (χ1v) is 7.76. The number of carboxylic acids is 1. The van der Waals surface area contributed by atoms with Crippen molar-refractivity contribution < 1.29 is 23.8 Å². The zero-order valence-corrected chi connectivity index (χ0v) is 13.9. The minimum Gasteiger partial charge on any atom is -0.478 e. The average Bonchev–Trinajstić information content (AvgIpc) is 2.75. The van der Waals surface area contributed by atoms with E-state index in [1.54, 1.807) is 4.90 Å². The quantitative estimate of drug-likeness (QED) is 0.919. The third-order valence-electron chi connectivity index (χ3n) is 3.58. The third kappa shape index (κ3) is 4.99. The molecule has 0 bridgehead atoms. The van der Waals surface area contributed by atoms with Crippen LogP contribution in [0.1, 0.15) is 43.3 Å². The standard InChI is InChI=1S/C16H24N2O5/c1-16(2,3)23-15(21)18-7-4-6-17(8-9-18)11-13-12(14(19)20)5-10-22-13/h5,10H,4,6-9,11H2,1-3H3,(H,19,20). The molecular weight excluding hydrogens is 300 g/mol. The highest BCUT2D eigenvalue weighted by Crippen LogP contribution is 2.16. The van der Waals surface area contributed by atoms with E-state index in [9.17, 15) is 9.59 Å². The number of furan rings is 1. The van der Waals surface area contributed by atoms with Crippen LogP contribution in [0.15, 0.2) is 16.7 Å². The van der Waals surface area contributed by atoms with Crippen molar-refractivity contribution in [3.63, 3.8) is 0 Å². The highest BCUT2D eigenvalue weighted by molar-refractivity contribution is 5.88. The maximum absolute atomic E-state index is 12.1. The Kier molecular flexibility index (Phi) is 5.30. The maximum atomic E-state index is 12.1. The molecule has 2 rings (SSSR count). The molecular formula is C16H24N2O5. The van der Waals surface area contributed by atoms with Gasteiger partial charge in [-0.1, -0.05) is 0 Å². The molecule has 1 aliphatic heterocycles. The lowest BCUT2D eigenvalue weighted by Crippen LogP contribution is -2.39. The molecule has 1 fully saturated rings. The number of ether oxygens (including phenoxy) is 1. The number of carboxylic acid groups (broad SMARTS) is 1. The van der Waals surface area contributed by atoms with E-state index in [1.807, 2.05) is 20.8 Å². The van der Waals surface area contributed by atoms with Crippen molar-refractivity contribution in [1.82, 2.24) is 9.80 Å². The predicted octanol–water partition coefficient (Wildman–Crippen LogP) is 2.42. The van der Waals surface area contributed by atoms with Crippen LogP contribution in [-0.4, -0.2) is 58.7 Å². The Morgan fingerprint density at radius 1 is 1.26 bits per heavy atom. The van der Waals surface area contributed by atoms with E-state index in [0.29, 0.717) is 31.9 Å². The van der Waals surface area contributed by atoms with Gasteiger partial charge in [-0.3, -0.25) is 4.90 Å². The highest BCUT2D eigenvalue weighted by atomic mass is 16.6. The normalized spacial score (nSPS) is 16.9. The first-order chi connectivity index (χ1) is 10.8. The highest BCUT2D eigenvalue weighted by Gasteiger charge is 2.25. The van der Waals surface area contributed by atoms with Gasteiger partial charge in [0.25, 0.3) is 0 Å². The molecule has 7 heteroatoms. The van der Waals surface area contributed by atoms with Gasteiger partial charge in [0, 0.05) is 26.2 Å². The van der Waals surface area contributed by atoms with E-state index < -0.39 is 11.6 Å². The second-order valence-electron chi connectivity index (χ2n) is 6.66. The van der Waals surface area contributed by atoms with Gasteiger partial charge in [0.2, 0.25) is 0 Å². The Labute approximate surface area is 135 Å². The molecule has 7 nitrogen and oxygen atoms in total. The molecule has 0 radical (unpaired) electrons. The van der Waals surface area contributed by atoms with E-state index in [4.69, 9.17) is 14.3 Å². The molecule has 128 valence electrons. The fourth-order valence-corrected chi connectivity index (χ4v) is 2.49. The first-order valence-electron chi connectivity index (χ1n) is 7.76. The van der Waals surface area contributed by atoms with Gasteiger partial charge in [-0.2, -0.15) is 0 Å². The SMILES string of the molecule is CC(C)(C)OC(=O)N1CCCN(Cc2occc2C(=O)O)CC1. The lowest BCUT2D eigenvalue weighted by Gasteiger charge is -2.26. The third-order valence-corrected chi connectivity index (χ3v) is 3.58. The van der Waals surface area contributed by atoms with Gasteiger partial charge in [-0.05, 0) is 33.3 Å². The summed E-state index contributed by atoms with van der Waals surface area (Å²) in [5, 5.41) is 9.11. The number of aromatic carboxylic acids is 1. The first kappa shape index (κ1) is 17.3. The van der Waals surface area contributed by atoms with Crippen LogP contribution in [0.25, 0.3) is 0 Å². The van der Waals surface area contributed by atoms with Gasteiger partial charge in [-0.25, -0.2) is 9.59 Å². The molecule has 0 aromatic carbocycles. The van der Waals surface area contributed by atoms with Crippen LogP contribution in [0.4, 0.5) is 4.79 Å². The molecule has 23 heavy (non-hydrogen) atoms. The van der Waals surface area contributed by atoms with Crippen molar-refractivity contribution in [2.75, 3.05) is 26.2 Å². The number of hydrogen-bond donors (Lipinski definition) is 1. The second kappa shape index (κ2) is 7.04. The summed E-state index contributed by atoms with van der Waals surface area (Å²) in [5.74, 6) is -0.540. The molecule has 0 atom stereocenters. The van der Waals surface area contributed by atoms with Crippen LogP contribution >= 0.6 is 0 Å². The molecule has 1 aromatic heterocycles. The summed E-state index contributed by atoms with van der Waals surface area (Å²) in [6.45, 7) is 8.58. The summed E-state index contributed by atoms with van der Waals surface area (Å²) < 4.78 is 10.7. The molecule has 1 aromatic rings. The fourth-order valence-electron chi connectivity index (χ4n) is 2.49. The van der Waals surface area contributed by atoms with Crippen molar-refractivity contribution in [1.29, 1.82) is 0 Å². The lowest BCUT2D eigenvalue weighted by molar-refractivity contribution is 0.0257. The molecule has 2 heterocycles. The number of hydrogen-bond acceptors (Lipinski definition) is 5. The molecule has 0 unspecified atom stereocenters. The zero-order valence-electron chi connectivity index (χ0n) is 13.9. The molecule has 1 amide bonds.